The van der Waals surface area contributed by atoms with Crippen molar-refractivity contribution in [3.8, 4) is 0 Å². The highest BCUT2D eigenvalue weighted by molar-refractivity contribution is 9.10. The van der Waals surface area contributed by atoms with Crippen LogP contribution in [-0.2, 0) is 0 Å². The number of rotatable bonds is 2. The number of alkyl halides is 3. The summed E-state index contributed by atoms with van der Waals surface area (Å²) in [6.07, 6.45) is -5.21. The van der Waals surface area contributed by atoms with Crippen LogP contribution in [-0.4, -0.2) is 6.18 Å². The van der Waals surface area contributed by atoms with Gasteiger partial charge in [-0.2, -0.15) is 13.2 Å². The second-order valence-electron chi connectivity index (χ2n) is 3.43. The first-order chi connectivity index (χ1) is 6.79. The number of hydrogen-bond donors (Lipinski definition) is 1. The van der Waals surface area contributed by atoms with E-state index >= 15 is 0 Å². The van der Waals surface area contributed by atoms with Crippen LogP contribution >= 0.6 is 15.9 Å². The molecule has 1 nitrogen and oxygen atoms in total. The van der Waals surface area contributed by atoms with Gasteiger partial charge in [-0.1, -0.05) is 28.1 Å². The number of aryl methyl sites for hydroxylation is 1. The maximum absolute atomic E-state index is 12.1. The summed E-state index contributed by atoms with van der Waals surface area (Å²) in [7, 11) is 0. The highest BCUT2D eigenvalue weighted by Crippen LogP contribution is 2.29. The van der Waals surface area contributed by atoms with Crippen molar-refractivity contribution >= 4 is 15.9 Å². The fourth-order valence-electron chi connectivity index (χ4n) is 1.27. The molecular formula is C10H11BrF3N. The highest BCUT2D eigenvalue weighted by atomic mass is 79.9. The Balaban J connectivity index is 2.83. The molecule has 0 bridgehead atoms. The first-order valence-corrected chi connectivity index (χ1v) is 5.17. The molecule has 0 spiro atoms. The van der Waals surface area contributed by atoms with Gasteiger partial charge in [-0.3, -0.25) is 0 Å². The second kappa shape index (κ2) is 4.53. The summed E-state index contributed by atoms with van der Waals surface area (Å²) in [4.78, 5) is 0. The van der Waals surface area contributed by atoms with Gasteiger partial charge in [0.2, 0.25) is 0 Å². The van der Waals surface area contributed by atoms with Crippen LogP contribution in [0.3, 0.4) is 0 Å². The van der Waals surface area contributed by atoms with Gasteiger partial charge in [-0.05, 0) is 24.1 Å². The van der Waals surface area contributed by atoms with E-state index in [9.17, 15) is 13.2 Å². The summed E-state index contributed by atoms with van der Waals surface area (Å²) in [5, 5.41) is 0. The maximum Gasteiger partial charge on any atom is 0.390 e. The summed E-state index contributed by atoms with van der Waals surface area (Å²) in [6, 6.07) is 3.99. The molecule has 0 saturated carbocycles. The van der Waals surface area contributed by atoms with Gasteiger partial charge in [-0.15, -0.1) is 0 Å². The van der Waals surface area contributed by atoms with E-state index in [0.717, 1.165) is 10.0 Å². The average Bonchev–Trinajstić information content (AvgIpc) is 2.06. The average molecular weight is 282 g/mol. The monoisotopic (exact) mass is 281 g/mol. The molecule has 5 heteroatoms. The highest BCUT2D eigenvalue weighted by Gasteiger charge is 2.30. The Morgan fingerprint density at radius 1 is 1.40 bits per heavy atom. The van der Waals surface area contributed by atoms with E-state index in [-0.39, 0.29) is 0 Å². The van der Waals surface area contributed by atoms with E-state index in [1.165, 1.54) is 0 Å². The van der Waals surface area contributed by atoms with E-state index < -0.39 is 18.6 Å². The van der Waals surface area contributed by atoms with Crippen LogP contribution in [0.2, 0.25) is 0 Å². The van der Waals surface area contributed by atoms with Crippen molar-refractivity contribution in [1.29, 1.82) is 0 Å². The molecule has 15 heavy (non-hydrogen) atoms. The smallest absolute Gasteiger partial charge is 0.324 e. The molecule has 0 radical (unpaired) electrons. The molecular weight excluding hydrogens is 271 g/mol. The van der Waals surface area contributed by atoms with Crippen LogP contribution in [0.15, 0.2) is 22.7 Å². The molecule has 0 aromatic heterocycles. The summed E-state index contributed by atoms with van der Waals surface area (Å²) in [6.45, 7) is 1.81. The molecule has 0 saturated heterocycles. The normalized spacial score (nSPS) is 14.0. The Labute approximate surface area is 94.6 Å². The van der Waals surface area contributed by atoms with E-state index in [4.69, 9.17) is 5.73 Å². The number of nitrogens with two attached hydrogens (primary N) is 1. The lowest BCUT2D eigenvalue weighted by Crippen LogP contribution is -2.20. The second-order valence-corrected chi connectivity index (χ2v) is 4.29. The number of benzene rings is 1. The molecule has 0 fully saturated rings. The quantitative estimate of drug-likeness (QED) is 0.879. The minimum atomic E-state index is -4.22. The fraction of sp³-hybridized carbons (Fsp3) is 0.400. The van der Waals surface area contributed by atoms with E-state index in [1.54, 1.807) is 18.2 Å². The lowest BCUT2D eigenvalue weighted by atomic mass is 10.0. The minimum absolute atomic E-state index is 0.507. The Morgan fingerprint density at radius 2 is 2.00 bits per heavy atom. The molecule has 1 unspecified atom stereocenters. The Hall–Kier alpha value is -0.550. The third kappa shape index (κ3) is 3.83. The number of halogens is 4. The van der Waals surface area contributed by atoms with Gasteiger partial charge in [0.1, 0.15) is 0 Å². The molecule has 1 atom stereocenters. The first kappa shape index (κ1) is 12.5. The molecule has 2 N–H and O–H groups in total. The molecule has 0 heterocycles. The van der Waals surface area contributed by atoms with E-state index in [2.05, 4.69) is 15.9 Å². The molecule has 0 aliphatic carbocycles. The standard InChI is InChI=1S/C10H11BrF3N/c1-6-4-7(2-3-8(6)11)9(15)5-10(12,13)14/h2-4,9H,5,15H2,1H3. The first-order valence-electron chi connectivity index (χ1n) is 4.38. The van der Waals surface area contributed by atoms with Crippen molar-refractivity contribution < 1.29 is 13.2 Å². The van der Waals surface area contributed by atoms with Gasteiger partial charge in [0.15, 0.2) is 0 Å². The van der Waals surface area contributed by atoms with Crippen LogP contribution in [0.4, 0.5) is 13.2 Å². The van der Waals surface area contributed by atoms with Gasteiger partial charge in [0.05, 0.1) is 6.42 Å². The predicted molar refractivity (Wildman–Crippen MR) is 56.5 cm³/mol. The van der Waals surface area contributed by atoms with Crippen molar-refractivity contribution in [2.45, 2.75) is 25.6 Å². The summed E-state index contributed by atoms with van der Waals surface area (Å²) < 4.78 is 37.1. The lowest BCUT2D eigenvalue weighted by Gasteiger charge is -2.15. The molecule has 1 aromatic rings. The van der Waals surface area contributed by atoms with Crippen LogP contribution in [0.1, 0.15) is 23.6 Å². The van der Waals surface area contributed by atoms with Crippen molar-refractivity contribution in [3.63, 3.8) is 0 Å². The SMILES string of the molecule is Cc1cc(C(N)CC(F)(F)F)ccc1Br. The zero-order valence-corrected chi connectivity index (χ0v) is 9.69. The lowest BCUT2D eigenvalue weighted by molar-refractivity contribution is -0.138. The third-order valence-electron chi connectivity index (χ3n) is 2.06. The zero-order valence-electron chi connectivity index (χ0n) is 8.11. The molecule has 84 valence electrons. The van der Waals surface area contributed by atoms with Crippen molar-refractivity contribution in [1.82, 2.24) is 0 Å². The van der Waals surface area contributed by atoms with Crippen LogP contribution in [0.5, 0.6) is 0 Å². The van der Waals surface area contributed by atoms with E-state index in [1.807, 2.05) is 6.92 Å². The van der Waals surface area contributed by atoms with Crippen LogP contribution < -0.4 is 5.73 Å². The fourth-order valence-corrected chi connectivity index (χ4v) is 1.51. The Morgan fingerprint density at radius 3 is 2.47 bits per heavy atom. The Kier molecular flexibility index (Phi) is 3.78. The van der Waals surface area contributed by atoms with Crippen LogP contribution in [0.25, 0.3) is 0 Å². The summed E-state index contributed by atoms with van der Waals surface area (Å²) in [5.41, 5.74) is 6.85. The summed E-state index contributed by atoms with van der Waals surface area (Å²) in [5.74, 6) is 0. The minimum Gasteiger partial charge on any atom is -0.324 e. The van der Waals surface area contributed by atoms with Crippen molar-refractivity contribution in [3.05, 3.63) is 33.8 Å². The largest absolute Gasteiger partial charge is 0.390 e. The van der Waals surface area contributed by atoms with E-state index in [0.29, 0.717) is 5.56 Å². The van der Waals surface area contributed by atoms with Gasteiger partial charge < -0.3 is 5.73 Å². The van der Waals surface area contributed by atoms with Crippen molar-refractivity contribution in [2.24, 2.45) is 5.73 Å². The molecule has 1 rings (SSSR count). The van der Waals surface area contributed by atoms with Gasteiger partial charge in [0.25, 0.3) is 0 Å². The zero-order chi connectivity index (χ0) is 11.6. The number of hydrogen-bond acceptors (Lipinski definition) is 1. The maximum atomic E-state index is 12.1. The van der Waals surface area contributed by atoms with Gasteiger partial charge >= 0.3 is 6.18 Å². The summed E-state index contributed by atoms with van der Waals surface area (Å²) >= 11 is 3.28. The van der Waals surface area contributed by atoms with Crippen molar-refractivity contribution in [2.75, 3.05) is 0 Å². The van der Waals surface area contributed by atoms with Crippen LogP contribution in [0, 0.1) is 6.92 Å². The molecule has 0 amide bonds. The van der Waals surface area contributed by atoms with Gasteiger partial charge in [0, 0.05) is 10.5 Å². The third-order valence-corrected chi connectivity index (χ3v) is 2.95. The molecule has 1 aromatic carbocycles. The Bertz CT molecular complexity index is 349. The topological polar surface area (TPSA) is 26.0 Å². The predicted octanol–water partition coefficient (Wildman–Crippen LogP) is 3.71. The molecule has 0 aliphatic heterocycles. The molecule has 0 aliphatic rings. The van der Waals surface area contributed by atoms with Gasteiger partial charge in [-0.25, -0.2) is 0 Å².